The largest absolute Gasteiger partial charge is 0.297 e. The number of nitrogens with zero attached hydrogens (tertiary/aromatic N) is 2. The summed E-state index contributed by atoms with van der Waals surface area (Å²) in [6, 6.07) is 3.49. The quantitative estimate of drug-likeness (QED) is 0.676. The van der Waals surface area contributed by atoms with Crippen molar-refractivity contribution in [2.45, 2.75) is 0 Å². The highest BCUT2D eigenvalue weighted by molar-refractivity contribution is 6.29. The van der Waals surface area contributed by atoms with E-state index in [1.165, 1.54) is 6.29 Å². The molecule has 0 aliphatic rings. The lowest BCUT2D eigenvalue weighted by atomic mass is 10.2. The third kappa shape index (κ3) is 2.49. The molecule has 3 rings (SSSR count). The van der Waals surface area contributed by atoms with Crippen LogP contribution in [-0.2, 0) is 4.79 Å². The van der Waals surface area contributed by atoms with E-state index >= 15 is 0 Å². The molecule has 0 unspecified atom stereocenters. The van der Waals surface area contributed by atoms with Gasteiger partial charge in [-0.2, -0.15) is 0 Å². The number of aromatic nitrogens is 2. The number of hydrogen-bond acceptors (Lipinski definition) is 3. The molecule has 0 amide bonds. The molecule has 8 heteroatoms. The van der Waals surface area contributed by atoms with Gasteiger partial charge in [-0.15, -0.1) is 0 Å². The van der Waals surface area contributed by atoms with E-state index in [-0.39, 0.29) is 16.7 Å². The first-order chi connectivity index (χ1) is 10.9. The van der Waals surface area contributed by atoms with Gasteiger partial charge < -0.3 is 0 Å². The minimum absolute atomic E-state index is 0.175. The Bertz CT molecular complexity index is 1020. The van der Waals surface area contributed by atoms with Gasteiger partial charge in [0.2, 0.25) is 11.7 Å². The molecule has 0 N–H and O–H groups in total. The fourth-order valence-electron chi connectivity index (χ4n) is 2.14. The van der Waals surface area contributed by atoms with Crippen LogP contribution in [0, 0.1) is 17.5 Å². The monoisotopic (exact) mass is 337 g/mol. The second kappa shape index (κ2) is 5.51. The van der Waals surface area contributed by atoms with Crippen LogP contribution in [0.3, 0.4) is 0 Å². The highest BCUT2D eigenvalue weighted by atomic mass is 35.5. The molecule has 3 aromatic rings. The summed E-state index contributed by atoms with van der Waals surface area (Å²) in [5.41, 5.74) is -1.64. The molecule has 0 saturated carbocycles. The molecule has 0 spiro atoms. The molecule has 0 atom stereocenters. The first-order valence-corrected chi connectivity index (χ1v) is 6.55. The molecular weight excluding hydrogens is 333 g/mol. The van der Waals surface area contributed by atoms with Crippen LogP contribution < -0.4 is 5.43 Å². The third-order valence-corrected chi connectivity index (χ3v) is 3.43. The maximum atomic E-state index is 14.0. The maximum Gasteiger partial charge on any atom is 0.239 e. The summed E-state index contributed by atoms with van der Waals surface area (Å²) >= 11 is 5.61. The Kier molecular flexibility index (Phi) is 3.65. The number of rotatable bonds is 2. The second-order valence-electron chi connectivity index (χ2n) is 4.57. The van der Waals surface area contributed by atoms with E-state index in [0.717, 1.165) is 29.0 Å². The van der Waals surface area contributed by atoms with Crippen LogP contribution in [0.15, 0.2) is 35.3 Å². The van der Waals surface area contributed by atoms with Gasteiger partial charge in [-0.05, 0) is 18.2 Å². The molecule has 115 valence electrons. The van der Waals surface area contributed by atoms with E-state index in [0.29, 0.717) is 6.07 Å². The highest BCUT2D eigenvalue weighted by Gasteiger charge is 2.17. The second-order valence-corrected chi connectivity index (χ2v) is 4.93. The van der Waals surface area contributed by atoms with Gasteiger partial charge in [0.25, 0.3) is 0 Å². The van der Waals surface area contributed by atoms with Gasteiger partial charge >= 0.3 is 0 Å². The number of benzene rings is 1. The van der Waals surface area contributed by atoms with Gasteiger partial charge in [-0.1, -0.05) is 11.6 Å². The maximum absolute atomic E-state index is 14.0. The first kappa shape index (κ1) is 15.2. The number of fused-ring (bicyclic) bond motifs is 1. The lowest BCUT2D eigenvalue weighted by Gasteiger charge is -2.12. The molecule has 2 heterocycles. The van der Waals surface area contributed by atoms with Crippen LogP contribution in [0.1, 0.15) is 5.56 Å². The molecule has 1 aromatic carbocycles. The van der Waals surface area contributed by atoms with Crippen molar-refractivity contribution >= 4 is 28.9 Å². The molecule has 4 nitrogen and oxygen atoms in total. The lowest BCUT2D eigenvalue weighted by molar-refractivity contribution is 0.561. The van der Waals surface area contributed by atoms with Crippen molar-refractivity contribution in [3.8, 4) is 5.69 Å². The van der Waals surface area contributed by atoms with Crippen LogP contribution in [0.2, 0.25) is 5.15 Å². The predicted octanol–water partition coefficient (Wildman–Crippen LogP) is 2.91. The number of hydrogen-bond donors (Lipinski definition) is 0. The summed E-state index contributed by atoms with van der Waals surface area (Å²) in [4.78, 5) is 26.7. The predicted molar refractivity (Wildman–Crippen MR) is 77.0 cm³/mol. The Morgan fingerprint density at radius 2 is 1.87 bits per heavy atom. The molecule has 23 heavy (non-hydrogen) atoms. The van der Waals surface area contributed by atoms with Crippen molar-refractivity contribution in [3.05, 3.63) is 68.9 Å². The molecule has 0 fully saturated rings. The van der Waals surface area contributed by atoms with Crippen molar-refractivity contribution in [1.82, 2.24) is 9.55 Å². The third-order valence-electron chi connectivity index (χ3n) is 3.17. The standard InChI is InChI=1S/C15H5ClF3N2O2/c16-14-11(19)4-9-13(23)7(6-22)5-21(15(9)20-14)12-2-1-8(17)3-10(12)18/h1-5H. The van der Waals surface area contributed by atoms with E-state index in [4.69, 9.17) is 11.6 Å². The SMILES string of the molecule is O=[C]c1cn(-c2ccc(F)cc2F)c2nc(Cl)c(F)cc2c1=O. The van der Waals surface area contributed by atoms with E-state index in [2.05, 4.69) is 4.98 Å². The number of carbonyl (C=O) groups excluding carboxylic acids is 1. The molecule has 2 aromatic heterocycles. The van der Waals surface area contributed by atoms with E-state index in [1.807, 2.05) is 0 Å². The molecule has 0 bridgehead atoms. The van der Waals surface area contributed by atoms with Crippen LogP contribution in [0.4, 0.5) is 13.2 Å². The average Bonchev–Trinajstić information content (AvgIpc) is 2.51. The average molecular weight is 338 g/mol. The van der Waals surface area contributed by atoms with E-state index < -0.39 is 33.6 Å². The zero-order valence-electron chi connectivity index (χ0n) is 11.1. The van der Waals surface area contributed by atoms with Crippen LogP contribution >= 0.6 is 11.6 Å². The zero-order chi connectivity index (χ0) is 16.7. The Morgan fingerprint density at radius 1 is 1.13 bits per heavy atom. The van der Waals surface area contributed by atoms with Gasteiger partial charge in [0, 0.05) is 12.3 Å². The Morgan fingerprint density at radius 3 is 2.52 bits per heavy atom. The highest BCUT2D eigenvalue weighted by Crippen LogP contribution is 2.22. The van der Waals surface area contributed by atoms with Gasteiger partial charge in [0.05, 0.1) is 16.6 Å². The van der Waals surface area contributed by atoms with Gasteiger partial charge in [-0.25, -0.2) is 18.2 Å². The van der Waals surface area contributed by atoms with E-state index in [9.17, 15) is 22.8 Å². The summed E-state index contributed by atoms with van der Waals surface area (Å²) < 4.78 is 41.6. The van der Waals surface area contributed by atoms with Crippen molar-refractivity contribution < 1.29 is 18.0 Å². The summed E-state index contributed by atoms with van der Waals surface area (Å²) in [6.07, 6.45) is 2.38. The summed E-state index contributed by atoms with van der Waals surface area (Å²) in [6.45, 7) is 0. The van der Waals surface area contributed by atoms with Crippen LogP contribution in [-0.4, -0.2) is 15.8 Å². The first-order valence-electron chi connectivity index (χ1n) is 6.17. The normalized spacial score (nSPS) is 11.0. The summed E-state index contributed by atoms with van der Waals surface area (Å²) in [5.74, 6) is -2.74. The van der Waals surface area contributed by atoms with Crippen LogP contribution in [0.25, 0.3) is 16.7 Å². The molecule has 0 saturated heterocycles. The summed E-state index contributed by atoms with van der Waals surface area (Å²) in [7, 11) is 0. The topological polar surface area (TPSA) is 52.0 Å². The van der Waals surface area contributed by atoms with Crippen molar-refractivity contribution in [1.29, 1.82) is 0 Å². The number of pyridine rings is 2. The van der Waals surface area contributed by atoms with Gasteiger partial charge in [-0.3, -0.25) is 14.2 Å². The fourth-order valence-corrected chi connectivity index (χ4v) is 2.27. The molecule has 0 aliphatic heterocycles. The Labute approximate surface area is 131 Å². The van der Waals surface area contributed by atoms with Crippen molar-refractivity contribution in [3.63, 3.8) is 0 Å². The Balaban J connectivity index is 2.49. The smallest absolute Gasteiger partial charge is 0.239 e. The minimum atomic E-state index is -0.967. The lowest BCUT2D eigenvalue weighted by Crippen LogP contribution is -2.16. The zero-order valence-corrected chi connectivity index (χ0v) is 11.9. The van der Waals surface area contributed by atoms with Gasteiger partial charge in [0.15, 0.2) is 16.6 Å². The molecular formula is C15H5ClF3N2O2. The van der Waals surface area contributed by atoms with Crippen molar-refractivity contribution in [2.75, 3.05) is 0 Å². The summed E-state index contributed by atoms with van der Waals surface area (Å²) in [5, 5.41) is -0.813. The molecule has 1 radical (unpaired) electrons. The van der Waals surface area contributed by atoms with E-state index in [1.54, 1.807) is 0 Å². The Hall–Kier alpha value is -2.67. The minimum Gasteiger partial charge on any atom is -0.297 e. The number of halogens is 4. The van der Waals surface area contributed by atoms with Crippen molar-refractivity contribution in [2.24, 2.45) is 0 Å². The molecule has 0 aliphatic carbocycles. The van der Waals surface area contributed by atoms with Crippen LogP contribution in [0.5, 0.6) is 0 Å². The fraction of sp³-hybridized carbons (Fsp3) is 0. The van der Waals surface area contributed by atoms with Gasteiger partial charge in [0.1, 0.15) is 11.6 Å².